The van der Waals surface area contributed by atoms with E-state index in [-0.39, 0.29) is 6.42 Å². The highest BCUT2D eigenvalue weighted by Crippen LogP contribution is 2.26. The highest BCUT2D eigenvalue weighted by molar-refractivity contribution is 14.1. The van der Waals surface area contributed by atoms with Crippen molar-refractivity contribution in [1.29, 1.82) is 0 Å². The van der Waals surface area contributed by atoms with Gasteiger partial charge in [0, 0.05) is 77.4 Å². The molecule has 2 aromatic rings. The lowest BCUT2D eigenvalue weighted by Crippen LogP contribution is -2.45. The number of halogens is 2. The Hall–Kier alpha value is -3.09. The summed E-state index contributed by atoms with van der Waals surface area (Å²) in [5.41, 5.74) is 1.86. The zero-order chi connectivity index (χ0) is 40.3. The number of alkyl halides is 1. The van der Waals surface area contributed by atoms with Crippen LogP contribution >= 0.6 is 38.5 Å². The van der Waals surface area contributed by atoms with Gasteiger partial charge in [-0.1, -0.05) is 28.7 Å². The molecule has 302 valence electrons. The first-order chi connectivity index (χ1) is 25.4. The molecular formula is C38H56BrIN4O10. The van der Waals surface area contributed by atoms with Crippen LogP contribution < -0.4 is 10.6 Å². The minimum atomic E-state index is -0.828. The van der Waals surface area contributed by atoms with Crippen LogP contribution in [0.3, 0.4) is 0 Å². The normalized spacial score (nSPS) is 16.1. The fraction of sp³-hybridized carbons (Fsp3) is 0.632. The van der Waals surface area contributed by atoms with Gasteiger partial charge in [-0.05, 0) is 107 Å². The van der Waals surface area contributed by atoms with Crippen LogP contribution in [0.4, 0.5) is 9.59 Å². The first kappa shape index (κ1) is 47.1. The van der Waals surface area contributed by atoms with E-state index in [1.54, 1.807) is 47.7 Å². The van der Waals surface area contributed by atoms with Crippen LogP contribution in [0, 0.1) is 0 Å². The number of rotatable bonds is 9. The molecule has 2 N–H and O–H groups in total. The maximum Gasteiger partial charge on any atom is 0.408 e. The van der Waals surface area contributed by atoms with Gasteiger partial charge >= 0.3 is 24.1 Å². The lowest BCUT2D eigenvalue weighted by atomic mass is 9.95. The van der Waals surface area contributed by atoms with Crippen molar-refractivity contribution >= 4 is 62.6 Å². The van der Waals surface area contributed by atoms with Crippen LogP contribution in [0.5, 0.6) is 0 Å². The molecule has 2 aromatic heterocycles. The van der Waals surface area contributed by atoms with Crippen LogP contribution in [-0.2, 0) is 44.4 Å². The Bertz CT molecular complexity index is 1440. The minimum Gasteiger partial charge on any atom is -0.467 e. The van der Waals surface area contributed by atoms with Crippen molar-refractivity contribution in [3.63, 3.8) is 0 Å². The van der Waals surface area contributed by atoms with Crippen molar-refractivity contribution in [2.75, 3.05) is 45.1 Å². The van der Waals surface area contributed by atoms with E-state index in [1.807, 2.05) is 40.9 Å². The summed E-state index contributed by atoms with van der Waals surface area (Å²) in [5, 5.41) is 5.00. The first-order valence-corrected chi connectivity index (χ1v) is 20.2. The Morgan fingerprint density at radius 2 is 1.17 bits per heavy atom. The van der Waals surface area contributed by atoms with Gasteiger partial charge in [-0.15, -0.1) is 0 Å². The summed E-state index contributed by atoms with van der Waals surface area (Å²) >= 11 is 5.37. The molecule has 0 unspecified atom stereocenters. The number of hydrogen-bond acceptors (Lipinski definition) is 12. The van der Waals surface area contributed by atoms with Gasteiger partial charge in [0.05, 0.1) is 14.2 Å². The van der Waals surface area contributed by atoms with Gasteiger partial charge in [0.1, 0.15) is 23.3 Å². The van der Waals surface area contributed by atoms with Gasteiger partial charge in [0.15, 0.2) is 0 Å². The predicted molar refractivity (Wildman–Crippen MR) is 215 cm³/mol. The molecule has 14 nitrogen and oxygen atoms in total. The number of carbonyl (C=O) groups is 4. The van der Waals surface area contributed by atoms with Crippen LogP contribution in [0.15, 0.2) is 41.1 Å². The summed E-state index contributed by atoms with van der Waals surface area (Å²) in [6, 6.07) is 6.58. The molecular weight excluding hydrogens is 879 g/mol. The lowest BCUT2D eigenvalue weighted by molar-refractivity contribution is -0.143. The molecule has 2 aliphatic heterocycles. The number of methoxy groups -OCH3 is 2. The summed E-state index contributed by atoms with van der Waals surface area (Å²) < 4.78 is 31.7. The van der Waals surface area contributed by atoms with Crippen molar-refractivity contribution in [2.24, 2.45) is 0 Å². The number of nitrogens with zero attached hydrogens (tertiary/aromatic N) is 2. The predicted octanol–water partition coefficient (Wildman–Crippen LogP) is 6.81. The third-order valence-corrected chi connectivity index (χ3v) is 9.17. The molecule has 54 heavy (non-hydrogen) atoms. The minimum absolute atomic E-state index is 0.285. The van der Waals surface area contributed by atoms with Crippen molar-refractivity contribution < 1.29 is 47.6 Å². The van der Waals surface area contributed by atoms with E-state index >= 15 is 0 Å². The van der Waals surface area contributed by atoms with E-state index in [9.17, 15) is 19.2 Å². The van der Waals surface area contributed by atoms with E-state index in [0.717, 1.165) is 67.8 Å². The summed E-state index contributed by atoms with van der Waals surface area (Å²) in [5.74, 6) is 0.00978. The van der Waals surface area contributed by atoms with E-state index in [4.69, 9.17) is 23.7 Å². The number of carbonyl (C=O) groups excluding carboxylic acids is 4. The molecule has 0 saturated carbocycles. The van der Waals surface area contributed by atoms with Crippen LogP contribution in [0.1, 0.15) is 96.0 Å². The first-order valence-electron chi connectivity index (χ1n) is 17.9. The van der Waals surface area contributed by atoms with Crippen molar-refractivity contribution in [1.82, 2.24) is 20.6 Å². The van der Waals surface area contributed by atoms with Gasteiger partial charge < -0.3 is 39.1 Å². The second kappa shape index (κ2) is 23.7. The molecule has 0 bridgehead atoms. The zero-order valence-electron chi connectivity index (χ0n) is 32.6. The Morgan fingerprint density at radius 3 is 1.54 bits per heavy atom. The van der Waals surface area contributed by atoms with E-state index < -0.39 is 47.4 Å². The number of nitrogens with one attached hydrogen (secondary N) is 2. The summed E-state index contributed by atoms with van der Waals surface area (Å²) in [4.78, 5) is 55.4. The fourth-order valence-electron chi connectivity index (χ4n) is 5.19. The van der Waals surface area contributed by atoms with Gasteiger partial charge in [0.2, 0.25) is 0 Å². The van der Waals surface area contributed by atoms with Gasteiger partial charge in [-0.2, -0.15) is 0 Å². The molecule has 2 fully saturated rings. The quantitative estimate of drug-likeness (QED) is 0.117. The van der Waals surface area contributed by atoms with E-state index in [2.05, 4.69) is 53.4 Å². The van der Waals surface area contributed by atoms with Crippen molar-refractivity contribution in [3.05, 3.63) is 58.1 Å². The third kappa shape index (κ3) is 19.0. The maximum absolute atomic E-state index is 12.0. The standard InChI is InChI=1S/C19H28N2O5.C10H12BrNO.C9H16INO4/c1-19(2,3)26-18(23)21-16(17(22)24-4)11-13-5-6-15(20-12-13)14-7-9-25-10-8-14;11-9-1-2-10(12-7-9)8-3-5-13-6-4-8;1-9(2,3)15-8(13)11-6(5-10)7(12)14-4/h5-6,12,14,16H,7-11H2,1-4H3,(H,21,23);1-2,7-8H,3-6H2;6H,5H2,1-4H3,(H,11,13)/t16-;;6-/m0.0/s1. The molecule has 0 aliphatic carbocycles. The van der Waals surface area contributed by atoms with Gasteiger partial charge in [-0.25, -0.2) is 19.2 Å². The number of ether oxygens (including phenoxy) is 6. The van der Waals surface area contributed by atoms with Crippen LogP contribution in [-0.4, -0.2) is 102 Å². The number of alkyl carbamates (subject to hydrolysis) is 2. The number of esters is 2. The molecule has 0 radical (unpaired) electrons. The van der Waals surface area contributed by atoms with Gasteiger partial charge in [0.25, 0.3) is 0 Å². The highest BCUT2D eigenvalue weighted by Gasteiger charge is 2.26. The Morgan fingerprint density at radius 1 is 0.741 bits per heavy atom. The molecule has 0 aromatic carbocycles. The highest BCUT2D eigenvalue weighted by atomic mass is 127. The van der Waals surface area contributed by atoms with E-state index in [0.29, 0.717) is 16.3 Å². The second-order valence-electron chi connectivity index (χ2n) is 14.6. The largest absolute Gasteiger partial charge is 0.467 e. The van der Waals surface area contributed by atoms with Crippen LogP contribution in [0.25, 0.3) is 0 Å². The molecule has 0 spiro atoms. The Kier molecular flexibility index (Phi) is 20.7. The van der Waals surface area contributed by atoms with Crippen molar-refractivity contribution in [2.45, 2.75) is 109 Å². The molecule has 4 rings (SSSR count). The number of amides is 2. The summed E-state index contributed by atoms with van der Waals surface area (Å²) in [6.07, 6.45) is 6.78. The fourth-order valence-corrected chi connectivity index (χ4v) is 6.00. The zero-order valence-corrected chi connectivity index (χ0v) is 36.3. The monoisotopic (exact) mass is 934 g/mol. The molecule has 2 saturated heterocycles. The SMILES string of the molecule is Brc1ccc(C2CCOCC2)nc1.COC(=O)[C@H](CI)NC(=O)OC(C)(C)C.COC(=O)[C@H](Cc1ccc(C2CCOCC2)nc1)NC(=O)OC(C)(C)C. The van der Waals surface area contributed by atoms with E-state index in [1.165, 1.54) is 19.9 Å². The smallest absolute Gasteiger partial charge is 0.408 e. The molecule has 2 amide bonds. The molecule has 2 atom stereocenters. The molecule has 2 aliphatic rings. The summed E-state index contributed by atoms with van der Waals surface area (Å²) in [7, 11) is 2.57. The number of aromatic nitrogens is 2. The maximum atomic E-state index is 12.0. The average Bonchev–Trinajstić information content (AvgIpc) is 3.13. The topological polar surface area (TPSA) is 174 Å². The number of hydrogen-bond donors (Lipinski definition) is 2. The lowest BCUT2D eigenvalue weighted by Gasteiger charge is -2.23. The molecule has 4 heterocycles. The summed E-state index contributed by atoms with van der Waals surface area (Å²) in [6.45, 7) is 13.8. The Balaban J connectivity index is 0.000000305. The van der Waals surface area contributed by atoms with Crippen LogP contribution in [0.2, 0.25) is 0 Å². The van der Waals surface area contributed by atoms with Gasteiger partial charge in [-0.3, -0.25) is 9.97 Å². The third-order valence-electron chi connectivity index (χ3n) is 7.82. The number of pyridine rings is 2. The second-order valence-corrected chi connectivity index (χ2v) is 16.4. The Labute approximate surface area is 341 Å². The average molecular weight is 936 g/mol. The molecule has 16 heteroatoms. The van der Waals surface area contributed by atoms with Crippen molar-refractivity contribution in [3.8, 4) is 0 Å².